The van der Waals surface area contributed by atoms with E-state index in [0.717, 1.165) is 11.3 Å². The number of esters is 2. The Labute approximate surface area is 110 Å². The van der Waals surface area contributed by atoms with Crippen LogP contribution in [0.4, 0.5) is 5.00 Å². The van der Waals surface area contributed by atoms with E-state index >= 15 is 0 Å². The Morgan fingerprint density at radius 1 is 1.33 bits per heavy atom. The third-order valence-corrected chi connectivity index (χ3v) is 2.80. The molecule has 0 amide bonds. The molecule has 0 aliphatic carbocycles. The van der Waals surface area contributed by atoms with E-state index in [1.165, 1.54) is 6.07 Å². The van der Waals surface area contributed by atoms with Gasteiger partial charge in [-0.1, -0.05) is 0 Å². The second kappa shape index (κ2) is 5.39. The lowest BCUT2D eigenvalue weighted by atomic mass is 10.2. The van der Waals surface area contributed by atoms with Crippen LogP contribution in [0.5, 0.6) is 0 Å². The highest BCUT2D eigenvalue weighted by molar-refractivity contribution is 7.18. The largest absolute Gasteiger partial charge is 0.462 e. The summed E-state index contributed by atoms with van der Waals surface area (Å²) in [6.07, 6.45) is 0. The van der Waals surface area contributed by atoms with E-state index in [4.69, 9.17) is 15.2 Å². The maximum absolute atomic E-state index is 11.8. The van der Waals surface area contributed by atoms with Crippen LogP contribution in [-0.4, -0.2) is 24.1 Å². The molecule has 1 heterocycles. The van der Waals surface area contributed by atoms with Crippen LogP contribution in [-0.2, 0) is 9.47 Å². The summed E-state index contributed by atoms with van der Waals surface area (Å²) in [5, 5.41) is 0.257. The van der Waals surface area contributed by atoms with Gasteiger partial charge >= 0.3 is 11.9 Å². The first-order chi connectivity index (χ1) is 8.24. The molecule has 0 aliphatic rings. The minimum Gasteiger partial charge on any atom is -0.462 e. The van der Waals surface area contributed by atoms with Gasteiger partial charge in [0.05, 0.1) is 12.2 Å². The number of hydrogen-bond acceptors (Lipinski definition) is 6. The molecule has 0 aliphatic heterocycles. The standard InChI is InChI=1S/C12H17NO4S/c1-5-16-11(15)8-6-7(9(13)18-8)10(14)17-12(2,3)4/h6H,5,13H2,1-4H3. The van der Waals surface area contributed by atoms with Crippen molar-refractivity contribution in [3.63, 3.8) is 0 Å². The van der Waals surface area contributed by atoms with Crippen molar-refractivity contribution >= 4 is 28.3 Å². The summed E-state index contributed by atoms with van der Waals surface area (Å²) in [5.74, 6) is -1.02. The van der Waals surface area contributed by atoms with E-state index in [0.29, 0.717) is 4.88 Å². The summed E-state index contributed by atoms with van der Waals surface area (Å²) in [5.41, 5.74) is 5.31. The minimum absolute atomic E-state index is 0.206. The van der Waals surface area contributed by atoms with E-state index in [9.17, 15) is 9.59 Å². The summed E-state index contributed by atoms with van der Waals surface area (Å²) in [6.45, 7) is 7.28. The second-order valence-corrected chi connectivity index (χ2v) is 5.69. The van der Waals surface area contributed by atoms with Crippen molar-refractivity contribution in [2.75, 3.05) is 12.3 Å². The highest BCUT2D eigenvalue weighted by atomic mass is 32.1. The van der Waals surface area contributed by atoms with Gasteiger partial charge in [0.2, 0.25) is 0 Å². The predicted octanol–water partition coefficient (Wildman–Crippen LogP) is 2.46. The number of thiophene rings is 1. The molecule has 1 aromatic rings. The normalized spacial score (nSPS) is 11.1. The van der Waals surface area contributed by atoms with Crippen LogP contribution in [0.25, 0.3) is 0 Å². The maximum atomic E-state index is 11.8. The van der Waals surface area contributed by atoms with Gasteiger partial charge in [0.25, 0.3) is 0 Å². The number of hydrogen-bond donors (Lipinski definition) is 1. The molecular formula is C12H17NO4S. The second-order valence-electron chi connectivity index (χ2n) is 4.61. The molecule has 0 spiro atoms. The number of anilines is 1. The fourth-order valence-corrected chi connectivity index (χ4v) is 2.01. The lowest BCUT2D eigenvalue weighted by Crippen LogP contribution is -2.24. The molecule has 6 heteroatoms. The van der Waals surface area contributed by atoms with Crippen molar-refractivity contribution in [3.8, 4) is 0 Å². The van der Waals surface area contributed by atoms with E-state index in [1.807, 2.05) is 0 Å². The van der Waals surface area contributed by atoms with Crippen LogP contribution in [0.15, 0.2) is 6.07 Å². The Balaban J connectivity index is 2.91. The van der Waals surface area contributed by atoms with Crippen LogP contribution in [0.3, 0.4) is 0 Å². The molecule has 1 aromatic heterocycles. The number of carbonyl (C=O) groups excluding carboxylic acids is 2. The molecule has 0 atom stereocenters. The molecule has 0 saturated heterocycles. The molecule has 0 fully saturated rings. The molecule has 18 heavy (non-hydrogen) atoms. The number of rotatable bonds is 3. The highest BCUT2D eigenvalue weighted by Crippen LogP contribution is 2.27. The Morgan fingerprint density at radius 2 is 1.94 bits per heavy atom. The van der Waals surface area contributed by atoms with Crippen LogP contribution in [0, 0.1) is 0 Å². The number of nitrogens with two attached hydrogens (primary N) is 1. The fraction of sp³-hybridized carbons (Fsp3) is 0.500. The highest BCUT2D eigenvalue weighted by Gasteiger charge is 2.23. The van der Waals surface area contributed by atoms with Crippen LogP contribution in [0.1, 0.15) is 47.7 Å². The zero-order valence-electron chi connectivity index (χ0n) is 10.9. The predicted molar refractivity (Wildman–Crippen MR) is 69.9 cm³/mol. The van der Waals surface area contributed by atoms with Crippen molar-refractivity contribution < 1.29 is 19.1 Å². The van der Waals surface area contributed by atoms with E-state index in [1.54, 1.807) is 27.7 Å². The Morgan fingerprint density at radius 3 is 2.44 bits per heavy atom. The minimum atomic E-state index is -0.602. The molecule has 1 rings (SSSR count). The molecule has 0 aromatic carbocycles. The average Bonchev–Trinajstić information content (AvgIpc) is 2.58. The van der Waals surface area contributed by atoms with Gasteiger partial charge in [-0.15, -0.1) is 11.3 Å². The third-order valence-electron chi connectivity index (χ3n) is 1.86. The molecule has 0 radical (unpaired) electrons. The van der Waals surface area contributed by atoms with Gasteiger partial charge < -0.3 is 15.2 Å². The molecule has 0 bridgehead atoms. The maximum Gasteiger partial charge on any atom is 0.348 e. The zero-order valence-corrected chi connectivity index (χ0v) is 11.7. The number of carbonyl (C=O) groups is 2. The van der Waals surface area contributed by atoms with Gasteiger partial charge in [0, 0.05) is 0 Å². The van der Waals surface area contributed by atoms with Crippen LogP contribution in [0.2, 0.25) is 0 Å². The summed E-state index contributed by atoms with van der Waals surface area (Å²) in [4.78, 5) is 23.6. The van der Waals surface area contributed by atoms with E-state index in [-0.39, 0.29) is 17.2 Å². The summed E-state index contributed by atoms with van der Waals surface area (Å²) < 4.78 is 10.0. The molecule has 0 saturated carbocycles. The van der Waals surface area contributed by atoms with Crippen LogP contribution < -0.4 is 5.73 Å². The first-order valence-electron chi connectivity index (χ1n) is 5.54. The molecule has 0 unspecified atom stereocenters. The van der Waals surface area contributed by atoms with Crippen molar-refractivity contribution in [1.82, 2.24) is 0 Å². The monoisotopic (exact) mass is 271 g/mol. The molecule has 5 nitrogen and oxygen atoms in total. The van der Waals surface area contributed by atoms with Crippen molar-refractivity contribution in [1.29, 1.82) is 0 Å². The first kappa shape index (κ1) is 14.5. The van der Waals surface area contributed by atoms with Crippen molar-refractivity contribution in [3.05, 3.63) is 16.5 Å². The average molecular weight is 271 g/mol. The molecule has 2 N–H and O–H groups in total. The molecular weight excluding hydrogens is 254 g/mol. The Bertz CT molecular complexity index is 459. The van der Waals surface area contributed by atoms with Gasteiger partial charge in [-0.3, -0.25) is 0 Å². The first-order valence-corrected chi connectivity index (χ1v) is 6.36. The topological polar surface area (TPSA) is 78.6 Å². The molecule has 100 valence electrons. The quantitative estimate of drug-likeness (QED) is 0.854. The number of nitrogen functional groups attached to an aromatic ring is 1. The van der Waals surface area contributed by atoms with Crippen LogP contribution >= 0.6 is 11.3 Å². The summed E-state index contributed by atoms with van der Waals surface area (Å²) >= 11 is 1.02. The van der Waals surface area contributed by atoms with Crippen molar-refractivity contribution in [2.45, 2.75) is 33.3 Å². The smallest absolute Gasteiger partial charge is 0.348 e. The fourth-order valence-electron chi connectivity index (χ4n) is 1.20. The van der Waals surface area contributed by atoms with Gasteiger partial charge in [-0.05, 0) is 33.8 Å². The SMILES string of the molecule is CCOC(=O)c1cc(C(=O)OC(C)(C)C)c(N)s1. The van der Waals surface area contributed by atoms with Gasteiger partial charge in [0.15, 0.2) is 0 Å². The van der Waals surface area contributed by atoms with Crippen molar-refractivity contribution in [2.24, 2.45) is 0 Å². The van der Waals surface area contributed by atoms with Gasteiger partial charge in [-0.2, -0.15) is 0 Å². The summed E-state index contributed by atoms with van der Waals surface area (Å²) in [7, 11) is 0. The van der Waals surface area contributed by atoms with Gasteiger partial charge in [0.1, 0.15) is 15.5 Å². The Hall–Kier alpha value is -1.56. The third kappa shape index (κ3) is 3.73. The Kier molecular flexibility index (Phi) is 4.34. The zero-order chi connectivity index (χ0) is 13.9. The summed E-state index contributed by atoms with van der Waals surface area (Å²) in [6, 6.07) is 1.41. The van der Waals surface area contributed by atoms with E-state index < -0.39 is 17.5 Å². The number of ether oxygens (including phenoxy) is 2. The van der Waals surface area contributed by atoms with E-state index in [2.05, 4.69) is 0 Å². The van der Waals surface area contributed by atoms with Gasteiger partial charge in [-0.25, -0.2) is 9.59 Å². The lowest BCUT2D eigenvalue weighted by Gasteiger charge is -2.19. The lowest BCUT2D eigenvalue weighted by molar-refractivity contribution is 0.00713.